The Morgan fingerprint density at radius 2 is 1.74 bits per heavy atom. The number of nitrogens with one attached hydrogen (secondary N) is 1. The molecule has 0 aliphatic rings. The van der Waals surface area contributed by atoms with Gasteiger partial charge in [-0.1, -0.05) is 12.1 Å². The van der Waals surface area contributed by atoms with Crippen LogP contribution in [-0.2, 0) is 10.8 Å². The molecule has 0 aliphatic carbocycles. The van der Waals surface area contributed by atoms with Gasteiger partial charge in [0.2, 0.25) is 0 Å². The van der Waals surface area contributed by atoms with Gasteiger partial charge >= 0.3 is 5.97 Å². The molecule has 0 bridgehead atoms. The van der Waals surface area contributed by atoms with E-state index in [2.05, 4.69) is 5.32 Å². The molecule has 120 valence electrons. The lowest BCUT2D eigenvalue weighted by Crippen LogP contribution is -2.20. The quantitative estimate of drug-likeness (QED) is 0.872. The van der Waals surface area contributed by atoms with Crippen LogP contribution in [0.5, 0.6) is 5.75 Å². The molecule has 0 spiro atoms. The molecule has 2 aromatic carbocycles. The maximum Gasteiger partial charge on any atom is 0.337 e. The molecular weight excluding hydrogens is 318 g/mol. The van der Waals surface area contributed by atoms with Crippen LogP contribution >= 0.6 is 0 Å². The Morgan fingerprint density at radius 1 is 1.09 bits per heavy atom. The molecule has 1 atom stereocenters. The van der Waals surface area contributed by atoms with Gasteiger partial charge in [-0.15, -0.1) is 0 Å². The molecule has 0 radical (unpaired) electrons. The lowest BCUT2D eigenvalue weighted by Gasteiger charge is -2.11. The molecule has 1 amide bonds. The third-order valence-electron chi connectivity index (χ3n) is 3.18. The first-order valence-electron chi connectivity index (χ1n) is 6.63. The lowest BCUT2D eigenvalue weighted by atomic mass is 10.2. The van der Waals surface area contributed by atoms with E-state index in [-0.39, 0.29) is 26.8 Å². The number of ether oxygens (including phenoxy) is 1. The topological polar surface area (TPSA) is 92.7 Å². The van der Waals surface area contributed by atoms with Crippen molar-refractivity contribution in [2.75, 3.05) is 14.2 Å². The van der Waals surface area contributed by atoms with Crippen LogP contribution in [0.15, 0.2) is 52.3 Å². The Hall–Kier alpha value is -2.67. The van der Waals surface area contributed by atoms with Gasteiger partial charge in [-0.3, -0.25) is 4.79 Å². The Morgan fingerprint density at radius 3 is 2.35 bits per heavy atom. The van der Waals surface area contributed by atoms with Gasteiger partial charge in [0.05, 0.1) is 38.8 Å². The van der Waals surface area contributed by atoms with Crippen molar-refractivity contribution < 1.29 is 23.6 Å². The summed E-state index contributed by atoms with van der Waals surface area (Å²) in [5, 5.41) is 11.8. The highest BCUT2D eigenvalue weighted by atomic mass is 32.2. The van der Waals surface area contributed by atoms with E-state index in [1.54, 1.807) is 12.1 Å². The van der Waals surface area contributed by atoms with Crippen molar-refractivity contribution >= 4 is 22.7 Å². The van der Waals surface area contributed by atoms with Crippen molar-refractivity contribution in [3.05, 3.63) is 53.6 Å². The van der Waals surface area contributed by atoms with Gasteiger partial charge < -0.3 is 15.2 Å². The first-order valence-corrected chi connectivity index (χ1v) is 7.78. The lowest BCUT2D eigenvalue weighted by molar-refractivity contribution is 0.0692. The second-order valence-corrected chi connectivity index (χ2v) is 5.93. The zero-order valence-corrected chi connectivity index (χ0v) is 13.3. The number of carbonyl (C=O) groups is 2. The largest absolute Gasteiger partial charge is 0.497 e. The van der Waals surface area contributed by atoms with Gasteiger partial charge in [0.1, 0.15) is 5.75 Å². The van der Waals surface area contributed by atoms with Gasteiger partial charge in [0, 0.05) is 7.05 Å². The molecule has 0 aliphatic heterocycles. The maximum absolute atomic E-state index is 12.8. The molecule has 0 unspecified atom stereocenters. The van der Waals surface area contributed by atoms with Crippen LogP contribution in [0, 0.1) is 0 Å². The summed E-state index contributed by atoms with van der Waals surface area (Å²) in [6.07, 6.45) is 0. The third kappa shape index (κ3) is 3.40. The summed E-state index contributed by atoms with van der Waals surface area (Å²) in [7, 11) is 1.07. The monoisotopic (exact) mass is 333 g/mol. The fourth-order valence-corrected chi connectivity index (χ4v) is 3.37. The molecule has 2 N–H and O–H groups in total. The normalized spacial score (nSPS) is 11.6. The smallest absolute Gasteiger partial charge is 0.337 e. The standard InChI is InChI=1S/C16H15NO5S/c1-17-15(18)11-5-3-4-6-13(11)23(21)14-8-7-10(22-2)9-12(14)16(19)20/h3-9H,1-2H3,(H,17,18)(H,19,20)/t23-/m1/s1. The Labute approximate surface area is 135 Å². The first-order chi connectivity index (χ1) is 11.0. The van der Waals surface area contributed by atoms with E-state index in [1.807, 2.05) is 0 Å². The van der Waals surface area contributed by atoms with Crippen molar-refractivity contribution in [2.24, 2.45) is 0 Å². The van der Waals surface area contributed by atoms with Crippen molar-refractivity contribution in [1.82, 2.24) is 5.32 Å². The Kier molecular flexibility index (Phi) is 5.13. The average molecular weight is 333 g/mol. The minimum atomic E-state index is -1.82. The molecule has 2 rings (SSSR count). The van der Waals surface area contributed by atoms with Gasteiger partial charge in [0.15, 0.2) is 0 Å². The number of carboxylic acids is 1. The second-order valence-electron chi connectivity index (χ2n) is 4.51. The SMILES string of the molecule is CNC(=O)c1ccccc1[S@@](=O)c1ccc(OC)cc1C(=O)O. The van der Waals surface area contributed by atoms with Crippen LogP contribution < -0.4 is 10.1 Å². The van der Waals surface area contributed by atoms with E-state index >= 15 is 0 Å². The molecule has 0 saturated carbocycles. The van der Waals surface area contributed by atoms with Gasteiger partial charge in [0.25, 0.3) is 5.91 Å². The predicted molar refractivity (Wildman–Crippen MR) is 84.5 cm³/mol. The van der Waals surface area contributed by atoms with Gasteiger partial charge in [-0.05, 0) is 30.3 Å². The fourth-order valence-electron chi connectivity index (χ4n) is 2.03. The number of methoxy groups -OCH3 is 1. The molecule has 23 heavy (non-hydrogen) atoms. The minimum absolute atomic E-state index is 0.106. The number of aromatic carboxylic acids is 1. The van der Waals surface area contributed by atoms with Crippen molar-refractivity contribution in [1.29, 1.82) is 0 Å². The van der Waals surface area contributed by atoms with E-state index in [1.165, 1.54) is 44.5 Å². The molecule has 0 heterocycles. The number of rotatable bonds is 5. The van der Waals surface area contributed by atoms with E-state index in [4.69, 9.17) is 4.74 Å². The van der Waals surface area contributed by atoms with E-state index < -0.39 is 16.8 Å². The highest BCUT2D eigenvalue weighted by Crippen LogP contribution is 2.26. The van der Waals surface area contributed by atoms with Crippen LogP contribution in [0.2, 0.25) is 0 Å². The van der Waals surface area contributed by atoms with Crippen molar-refractivity contribution in [3.8, 4) is 5.75 Å². The maximum atomic E-state index is 12.8. The number of benzene rings is 2. The predicted octanol–water partition coefficient (Wildman–Crippen LogP) is 1.92. The zero-order valence-electron chi connectivity index (χ0n) is 12.5. The van der Waals surface area contributed by atoms with Gasteiger partial charge in [-0.25, -0.2) is 9.00 Å². The van der Waals surface area contributed by atoms with Crippen LogP contribution in [-0.4, -0.2) is 35.3 Å². The first kappa shape index (κ1) is 16.7. The van der Waals surface area contributed by atoms with Crippen LogP contribution in [0.4, 0.5) is 0 Å². The van der Waals surface area contributed by atoms with E-state index in [0.717, 1.165) is 0 Å². The van der Waals surface area contributed by atoms with Crippen LogP contribution in [0.3, 0.4) is 0 Å². The highest BCUT2D eigenvalue weighted by Gasteiger charge is 2.21. The molecule has 0 saturated heterocycles. The van der Waals surface area contributed by atoms with Crippen molar-refractivity contribution in [2.45, 2.75) is 9.79 Å². The fraction of sp³-hybridized carbons (Fsp3) is 0.125. The number of carbonyl (C=O) groups excluding carboxylic acids is 1. The molecule has 6 nitrogen and oxygen atoms in total. The minimum Gasteiger partial charge on any atom is -0.497 e. The van der Waals surface area contributed by atoms with E-state index in [0.29, 0.717) is 5.75 Å². The molecule has 7 heteroatoms. The number of hydrogen-bond acceptors (Lipinski definition) is 4. The number of carboxylic acid groups (broad SMARTS) is 1. The highest BCUT2D eigenvalue weighted by molar-refractivity contribution is 7.85. The zero-order chi connectivity index (χ0) is 17.0. The van der Waals surface area contributed by atoms with E-state index in [9.17, 15) is 18.9 Å². The summed E-state index contributed by atoms with van der Waals surface area (Å²) >= 11 is 0. The second kappa shape index (κ2) is 7.06. The third-order valence-corrected chi connectivity index (χ3v) is 4.69. The molecule has 0 aromatic heterocycles. The summed E-state index contributed by atoms with van der Waals surface area (Å²) in [6.45, 7) is 0. The van der Waals surface area contributed by atoms with Gasteiger partial charge in [-0.2, -0.15) is 0 Å². The number of amides is 1. The summed E-state index contributed by atoms with van der Waals surface area (Å²) in [4.78, 5) is 23.7. The molecular formula is C16H15NO5S. The molecule has 2 aromatic rings. The summed E-state index contributed by atoms with van der Waals surface area (Å²) in [5.41, 5.74) is 0.106. The summed E-state index contributed by atoms with van der Waals surface area (Å²) in [5.74, 6) is -1.26. The number of hydrogen-bond donors (Lipinski definition) is 2. The van der Waals surface area contributed by atoms with Crippen molar-refractivity contribution in [3.63, 3.8) is 0 Å². The summed E-state index contributed by atoms with van der Waals surface area (Å²) < 4.78 is 17.8. The molecule has 0 fully saturated rings. The Bertz CT molecular complexity index is 788. The average Bonchev–Trinajstić information content (AvgIpc) is 2.59. The van der Waals surface area contributed by atoms with Crippen LogP contribution in [0.1, 0.15) is 20.7 Å². The summed E-state index contributed by atoms with van der Waals surface area (Å²) in [6, 6.07) is 10.6. The Balaban J connectivity index is 2.58. The van der Waals surface area contributed by atoms with Crippen LogP contribution in [0.25, 0.3) is 0 Å².